The molecule has 0 saturated carbocycles. The number of hydrogen-bond donors (Lipinski definition) is 2. The summed E-state index contributed by atoms with van der Waals surface area (Å²) >= 11 is 0. The van der Waals surface area contributed by atoms with Crippen molar-refractivity contribution in [2.24, 2.45) is 4.99 Å². The zero-order chi connectivity index (χ0) is 19.8. The van der Waals surface area contributed by atoms with Crippen molar-refractivity contribution < 1.29 is 9.13 Å². The van der Waals surface area contributed by atoms with E-state index in [-0.39, 0.29) is 29.8 Å². The first kappa shape index (κ1) is 22.7. The van der Waals surface area contributed by atoms with Gasteiger partial charge >= 0.3 is 0 Å². The van der Waals surface area contributed by atoms with Crippen LogP contribution in [-0.4, -0.2) is 36.4 Å². The second-order valence-corrected chi connectivity index (χ2v) is 6.14. The Morgan fingerprint density at radius 1 is 1.10 bits per heavy atom. The highest BCUT2D eigenvalue weighted by Crippen LogP contribution is 2.14. The molecule has 2 N–H and O–H groups in total. The van der Waals surface area contributed by atoms with Gasteiger partial charge in [-0.25, -0.2) is 9.07 Å². The Bertz CT molecular complexity index is 927. The van der Waals surface area contributed by atoms with Gasteiger partial charge in [0.25, 0.3) is 0 Å². The lowest BCUT2D eigenvalue weighted by molar-refractivity contribution is 0.414. The molecule has 0 radical (unpaired) electrons. The number of aliphatic imine (C=N–C) groups is 1. The molecular formula is C21H25FIN5O. The van der Waals surface area contributed by atoms with Crippen molar-refractivity contribution in [1.82, 2.24) is 20.4 Å². The maximum atomic E-state index is 13.7. The second-order valence-electron chi connectivity index (χ2n) is 6.14. The van der Waals surface area contributed by atoms with Crippen LogP contribution >= 0.6 is 24.0 Å². The van der Waals surface area contributed by atoms with Gasteiger partial charge in [0.15, 0.2) is 5.96 Å². The third kappa shape index (κ3) is 6.45. The van der Waals surface area contributed by atoms with Crippen LogP contribution in [0.1, 0.15) is 11.3 Å². The number of nitrogens with zero attached hydrogens (tertiary/aromatic N) is 3. The molecule has 2 aromatic carbocycles. The average molecular weight is 509 g/mol. The summed E-state index contributed by atoms with van der Waals surface area (Å²) in [5, 5.41) is 11.0. The molecule has 0 aliphatic carbocycles. The van der Waals surface area contributed by atoms with E-state index in [4.69, 9.17) is 4.74 Å². The lowest BCUT2D eigenvalue weighted by Crippen LogP contribution is -2.38. The normalized spacial score (nSPS) is 10.9. The van der Waals surface area contributed by atoms with Gasteiger partial charge in [-0.15, -0.1) is 24.0 Å². The fraction of sp³-hybridized carbons (Fsp3) is 0.238. The van der Waals surface area contributed by atoms with Crippen molar-refractivity contribution in [3.63, 3.8) is 0 Å². The van der Waals surface area contributed by atoms with Crippen LogP contribution in [0.15, 0.2) is 65.8 Å². The number of hydrogen-bond acceptors (Lipinski definition) is 3. The Kier molecular flexibility index (Phi) is 8.91. The molecule has 0 unspecified atom stereocenters. The number of nitrogens with one attached hydrogen (secondary N) is 2. The van der Waals surface area contributed by atoms with Crippen molar-refractivity contribution >= 4 is 29.9 Å². The zero-order valence-corrected chi connectivity index (χ0v) is 18.8. The van der Waals surface area contributed by atoms with E-state index in [1.54, 1.807) is 26.3 Å². The first-order valence-corrected chi connectivity index (χ1v) is 9.06. The van der Waals surface area contributed by atoms with Gasteiger partial charge in [-0.05, 0) is 48.4 Å². The van der Waals surface area contributed by atoms with Crippen molar-refractivity contribution in [3.05, 3.63) is 77.9 Å². The zero-order valence-electron chi connectivity index (χ0n) is 16.4. The summed E-state index contributed by atoms with van der Waals surface area (Å²) in [6.07, 6.45) is 2.49. The van der Waals surface area contributed by atoms with E-state index in [1.807, 2.05) is 47.3 Å². The van der Waals surface area contributed by atoms with Crippen LogP contribution in [0.2, 0.25) is 0 Å². The van der Waals surface area contributed by atoms with Crippen LogP contribution in [0.25, 0.3) is 5.69 Å². The molecule has 1 aromatic heterocycles. The highest BCUT2D eigenvalue weighted by Gasteiger charge is 2.05. The van der Waals surface area contributed by atoms with Gasteiger partial charge in [-0.3, -0.25) is 4.99 Å². The minimum Gasteiger partial charge on any atom is -0.497 e. The fourth-order valence-electron chi connectivity index (χ4n) is 2.75. The van der Waals surface area contributed by atoms with Crippen LogP contribution < -0.4 is 15.4 Å². The van der Waals surface area contributed by atoms with Gasteiger partial charge in [0.1, 0.15) is 11.6 Å². The van der Waals surface area contributed by atoms with E-state index in [1.165, 1.54) is 6.07 Å². The summed E-state index contributed by atoms with van der Waals surface area (Å²) < 4.78 is 20.6. The number of halogens is 2. The molecule has 0 fully saturated rings. The molecule has 6 nitrogen and oxygen atoms in total. The predicted octanol–water partition coefficient (Wildman–Crippen LogP) is 3.55. The van der Waals surface area contributed by atoms with Crippen LogP contribution in [0, 0.1) is 5.82 Å². The monoisotopic (exact) mass is 509 g/mol. The molecule has 0 saturated heterocycles. The number of benzene rings is 2. The van der Waals surface area contributed by atoms with Crippen molar-refractivity contribution in [2.45, 2.75) is 13.0 Å². The van der Waals surface area contributed by atoms with E-state index in [9.17, 15) is 4.39 Å². The SMILES string of the molecule is CN=C(NCCc1ccccc1F)NCc1ccn(-c2ccc(OC)cc2)n1.I. The molecule has 3 rings (SSSR count). The maximum absolute atomic E-state index is 13.7. The first-order chi connectivity index (χ1) is 13.7. The summed E-state index contributed by atoms with van der Waals surface area (Å²) in [4.78, 5) is 4.19. The quantitative estimate of drug-likeness (QED) is 0.291. The molecule has 0 amide bonds. The predicted molar refractivity (Wildman–Crippen MR) is 124 cm³/mol. The van der Waals surface area contributed by atoms with Crippen LogP contribution in [0.4, 0.5) is 4.39 Å². The van der Waals surface area contributed by atoms with Gasteiger partial charge in [0.2, 0.25) is 0 Å². The van der Waals surface area contributed by atoms with E-state index in [0.29, 0.717) is 31.0 Å². The van der Waals surface area contributed by atoms with E-state index in [2.05, 4.69) is 20.7 Å². The minimum absolute atomic E-state index is 0. The summed E-state index contributed by atoms with van der Waals surface area (Å²) in [5.41, 5.74) is 2.52. The Hall–Kier alpha value is -2.62. The lowest BCUT2D eigenvalue weighted by Gasteiger charge is -2.11. The smallest absolute Gasteiger partial charge is 0.191 e. The average Bonchev–Trinajstić information content (AvgIpc) is 3.21. The van der Waals surface area contributed by atoms with Gasteiger partial charge in [0, 0.05) is 19.8 Å². The molecule has 8 heteroatoms. The van der Waals surface area contributed by atoms with Gasteiger partial charge in [-0.1, -0.05) is 18.2 Å². The molecular weight excluding hydrogens is 484 g/mol. The van der Waals surface area contributed by atoms with Gasteiger partial charge in [0.05, 0.1) is 25.0 Å². The summed E-state index contributed by atoms with van der Waals surface area (Å²) in [6.45, 7) is 1.11. The molecule has 3 aromatic rings. The number of rotatable bonds is 7. The van der Waals surface area contributed by atoms with E-state index in [0.717, 1.165) is 17.1 Å². The topological polar surface area (TPSA) is 63.5 Å². The largest absolute Gasteiger partial charge is 0.497 e. The van der Waals surface area contributed by atoms with Crippen molar-refractivity contribution in [1.29, 1.82) is 0 Å². The second kappa shape index (κ2) is 11.4. The molecule has 0 atom stereocenters. The molecule has 0 spiro atoms. The molecule has 1 heterocycles. The Labute approximate surface area is 187 Å². The maximum Gasteiger partial charge on any atom is 0.191 e. The highest BCUT2D eigenvalue weighted by molar-refractivity contribution is 14.0. The third-order valence-electron chi connectivity index (χ3n) is 4.29. The van der Waals surface area contributed by atoms with Gasteiger partial charge < -0.3 is 15.4 Å². The Morgan fingerprint density at radius 2 is 1.86 bits per heavy atom. The number of methoxy groups -OCH3 is 1. The van der Waals surface area contributed by atoms with E-state index >= 15 is 0 Å². The highest BCUT2D eigenvalue weighted by atomic mass is 127. The number of ether oxygens (including phenoxy) is 1. The third-order valence-corrected chi connectivity index (χ3v) is 4.29. The standard InChI is InChI=1S/C21H24FN5O.HI/c1-23-21(24-13-11-16-5-3-4-6-20(16)22)25-15-17-12-14-27(26-17)18-7-9-19(28-2)10-8-18;/h3-10,12,14H,11,13,15H2,1-2H3,(H2,23,24,25);1H. The first-order valence-electron chi connectivity index (χ1n) is 9.06. The number of guanidine groups is 1. The van der Waals surface area contributed by atoms with Crippen molar-refractivity contribution in [3.8, 4) is 11.4 Å². The van der Waals surface area contributed by atoms with Crippen LogP contribution in [0.5, 0.6) is 5.75 Å². The fourth-order valence-corrected chi connectivity index (χ4v) is 2.75. The molecule has 0 aliphatic heterocycles. The van der Waals surface area contributed by atoms with Crippen LogP contribution in [-0.2, 0) is 13.0 Å². The summed E-state index contributed by atoms with van der Waals surface area (Å²) in [5.74, 6) is 1.27. The number of aromatic nitrogens is 2. The summed E-state index contributed by atoms with van der Waals surface area (Å²) in [6, 6.07) is 16.4. The van der Waals surface area contributed by atoms with Gasteiger partial charge in [-0.2, -0.15) is 5.10 Å². The molecule has 29 heavy (non-hydrogen) atoms. The summed E-state index contributed by atoms with van der Waals surface area (Å²) in [7, 11) is 3.35. The molecule has 0 aliphatic rings. The lowest BCUT2D eigenvalue weighted by atomic mass is 10.1. The molecule has 154 valence electrons. The van der Waals surface area contributed by atoms with Crippen molar-refractivity contribution in [2.75, 3.05) is 20.7 Å². The minimum atomic E-state index is -0.184. The van der Waals surface area contributed by atoms with Crippen LogP contribution in [0.3, 0.4) is 0 Å². The Morgan fingerprint density at radius 3 is 2.55 bits per heavy atom. The molecule has 0 bridgehead atoms. The Balaban J connectivity index is 0.00000300. The van der Waals surface area contributed by atoms with E-state index < -0.39 is 0 Å².